The molecule has 1 aromatic heterocycles. The Balaban J connectivity index is 1.70. The number of ether oxygens (including phenoxy) is 1. The average molecular weight is 394 g/mol. The molecule has 0 saturated carbocycles. The van der Waals surface area contributed by atoms with Crippen LogP contribution in [0.15, 0.2) is 42.5 Å². The molecule has 3 aromatic rings. The first-order valence-corrected chi connectivity index (χ1v) is 8.81. The summed E-state index contributed by atoms with van der Waals surface area (Å²) in [5, 5.41) is 12.5. The van der Waals surface area contributed by atoms with Crippen LogP contribution in [0.1, 0.15) is 27.2 Å². The van der Waals surface area contributed by atoms with Crippen LogP contribution in [0.2, 0.25) is 5.02 Å². The number of anilines is 1. The molecule has 0 fully saturated rings. The molecule has 0 radical (unpaired) electrons. The Hall–Kier alpha value is -3.43. The van der Waals surface area contributed by atoms with Crippen LogP contribution in [0.4, 0.5) is 5.69 Å². The maximum absolute atomic E-state index is 12.5. The highest BCUT2D eigenvalue weighted by Crippen LogP contribution is 2.23. The van der Waals surface area contributed by atoms with Gasteiger partial charge in [0.25, 0.3) is 5.91 Å². The Kier molecular flexibility index (Phi) is 5.57. The molecule has 28 heavy (non-hydrogen) atoms. The SMILES string of the molecule is Cc1nc2ccccc2c(C)c1C(=O)OCC(=O)Nc1ccc(C#N)c(Cl)c1. The smallest absolute Gasteiger partial charge is 0.340 e. The minimum Gasteiger partial charge on any atom is -0.452 e. The molecule has 0 aliphatic rings. The zero-order valence-electron chi connectivity index (χ0n) is 15.2. The molecule has 0 unspecified atom stereocenters. The number of nitrogens with zero attached hydrogens (tertiary/aromatic N) is 2. The molecule has 1 N–H and O–H groups in total. The number of hydrogen-bond donors (Lipinski definition) is 1. The molecule has 3 rings (SSSR count). The van der Waals surface area contributed by atoms with E-state index in [2.05, 4.69) is 10.3 Å². The number of hydrogen-bond acceptors (Lipinski definition) is 5. The first kappa shape index (κ1) is 19.3. The van der Waals surface area contributed by atoms with Crippen molar-refractivity contribution < 1.29 is 14.3 Å². The number of fused-ring (bicyclic) bond motifs is 1. The molecule has 0 spiro atoms. The lowest BCUT2D eigenvalue weighted by Gasteiger charge is -2.12. The number of aryl methyl sites for hydroxylation is 2. The molecule has 140 valence electrons. The van der Waals surface area contributed by atoms with Crippen LogP contribution in [0.3, 0.4) is 0 Å². The summed E-state index contributed by atoms with van der Waals surface area (Å²) in [5.41, 5.74) is 3.16. The van der Waals surface area contributed by atoms with E-state index in [-0.39, 0.29) is 5.02 Å². The van der Waals surface area contributed by atoms with Gasteiger partial charge >= 0.3 is 5.97 Å². The first-order valence-electron chi connectivity index (χ1n) is 8.43. The van der Waals surface area contributed by atoms with Crippen LogP contribution >= 0.6 is 11.6 Å². The highest BCUT2D eigenvalue weighted by Gasteiger charge is 2.19. The van der Waals surface area contributed by atoms with E-state index in [0.29, 0.717) is 22.5 Å². The lowest BCUT2D eigenvalue weighted by atomic mass is 10.0. The highest BCUT2D eigenvalue weighted by atomic mass is 35.5. The average Bonchev–Trinajstić information content (AvgIpc) is 2.66. The second-order valence-corrected chi connectivity index (χ2v) is 6.55. The third-order valence-electron chi connectivity index (χ3n) is 4.24. The molecule has 2 aromatic carbocycles. The molecule has 0 aliphatic carbocycles. The lowest BCUT2D eigenvalue weighted by Crippen LogP contribution is -2.22. The minimum absolute atomic E-state index is 0.228. The summed E-state index contributed by atoms with van der Waals surface area (Å²) in [5.74, 6) is -1.13. The van der Waals surface area contributed by atoms with Crippen LogP contribution in [-0.2, 0) is 9.53 Å². The van der Waals surface area contributed by atoms with Gasteiger partial charge in [0, 0.05) is 11.1 Å². The van der Waals surface area contributed by atoms with E-state index in [1.165, 1.54) is 12.1 Å². The number of pyridine rings is 1. The van der Waals surface area contributed by atoms with Crippen molar-refractivity contribution in [2.75, 3.05) is 11.9 Å². The van der Waals surface area contributed by atoms with Crippen LogP contribution in [-0.4, -0.2) is 23.5 Å². The number of amides is 1. The van der Waals surface area contributed by atoms with Crippen molar-refractivity contribution in [2.45, 2.75) is 13.8 Å². The van der Waals surface area contributed by atoms with Crippen molar-refractivity contribution in [3.05, 3.63) is 69.9 Å². The Labute approximate surface area is 166 Å². The maximum Gasteiger partial charge on any atom is 0.340 e. The van der Waals surface area contributed by atoms with Gasteiger partial charge in [-0.2, -0.15) is 5.26 Å². The number of nitrogens with one attached hydrogen (secondary N) is 1. The van der Waals surface area contributed by atoms with E-state index in [1.807, 2.05) is 37.3 Å². The number of esters is 1. The van der Waals surface area contributed by atoms with Crippen molar-refractivity contribution >= 4 is 40.1 Å². The summed E-state index contributed by atoms with van der Waals surface area (Å²) >= 11 is 5.94. The van der Waals surface area contributed by atoms with Crippen LogP contribution in [0.25, 0.3) is 10.9 Å². The maximum atomic E-state index is 12.5. The van der Waals surface area contributed by atoms with Crippen molar-refractivity contribution in [3.8, 4) is 6.07 Å². The largest absolute Gasteiger partial charge is 0.452 e. The topological polar surface area (TPSA) is 92.1 Å². The summed E-state index contributed by atoms with van der Waals surface area (Å²) in [6.07, 6.45) is 0. The van der Waals surface area contributed by atoms with E-state index in [9.17, 15) is 9.59 Å². The van der Waals surface area contributed by atoms with E-state index in [4.69, 9.17) is 21.6 Å². The van der Waals surface area contributed by atoms with Gasteiger partial charge in [-0.3, -0.25) is 9.78 Å². The Morgan fingerprint density at radius 1 is 1.21 bits per heavy atom. The van der Waals surface area contributed by atoms with Gasteiger partial charge < -0.3 is 10.1 Å². The van der Waals surface area contributed by atoms with Crippen LogP contribution in [0, 0.1) is 25.2 Å². The van der Waals surface area contributed by atoms with E-state index in [1.54, 1.807) is 13.0 Å². The molecule has 0 aliphatic heterocycles. The molecule has 6 nitrogen and oxygen atoms in total. The fourth-order valence-corrected chi connectivity index (χ4v) is 3.14. The third kappa shape index (κ3) is 3.95. The Morgan fingerprint density at radius 2 is 1.96 bits per heavy atom. The molecule has 0 saturated heterocycles. The predicted octanol–water partition coefficient (Wildman–Crippen LogP) is 4.17. The quantitative estimate of drug-likeness (QED) is 0.671. The molecule has 0 bridgehead atoms. The van der Waals surface area contributed by atoms with Gasteiger partial charge in [-0.15, -0.1) is 0 Å². The Bertz CT molecular complexity index is 1140. The second kappa shape index (κ2) is 8.07. The molecular formula is C21H16ClN3O3. The number of benzene rings is 2. The second-order valence-electron chi connectivity index (χ2n) is 6.15. The highest BCUT2D eigenvalue weighted by molar-refractivity contribution is 6.32. The zero-order chi connectivity index (χ0) is 20.3. The monoisotopic (exact) mass is 393 g/mol. The van der Waals surface area contributed by atoms with E-state index < -0.39 is 18.5 Å². The number of aromatic nitrogens is 1. The minimum atomic E-state index is -0.610. The summed E-state index contributed by atoms with van der Waals surface area (Å²) in [4.78, 5) is 29.0. The number of carbonyl (C=O) groups excluding carboxylic acids is 2. The first-order chi connectivity index (χ1) is 13.4. The van der Waals surface area contributed by atoms with Gasteiger partial charge in [0.2, 0.25) is 0 Å². The number of halogens is 1. The number of nitriles is 1. The van der Waals surface area contributed by atoms with E-state index in [0.717, 1.165) is 16.5 Å². The lowest BCUT2D eigenvalue weighted by molar-refractivity contribution is -0.119. The van der Waals surface area contributed by atoms with Crippen molar-refractivity contribution in [1.29, 1.82) is 5.26 Å². The van der Waals surface area contributed by atoms with Crippen LogP contribution < -0.4 is 5.32 Å². The summed E-state index contributed by atoms with van der Waals surface area (Å²) in [7, 11) is 0. The number of rotatable bonds is 4. The molecular weight excluding hydrogens is 378 g/mol. The third-order valence-corrected chi connectivity index (χ3v) is 4.56. The summed E-state index contributed by atoms with van der Waals surface area (Å²) in [6, 6.07) is 14.0. The normalized spacial score (nSPS) is 10.4. The van der Waals surface area contributed by atoms with E-state index >= 15 is 0 Å². The van der Waals surface area contributed by atoms with Gasteiger partial charge in [-0.25, -0.2) is 4.79 Å². The molecule has 7 heteroatoms. The van der Waals surface area contributed by atoms with Gasteiger partial charge in [0.05, 0.1) is 27.4 Å². The number of carbonyl (C=O) groups is 2. The van der Waals surface area contributed by atoms with Gasteiger partial charge in [-0.1, -0.05) is 29.8 Å². The van der Waals surface area contributed by atoms with Crippen molar-refractivity contribution in [1.82, 2.24) is 4.98 Å². The van der Waals surface area contributed by atoms with Gasteiger partial charge in [-0.05, 0) is 43.7 Å². The molecule has 0 atom stereocenters. The van der Waals surface area contributed by atoms with Gasteiger partial charge in [0.1, 0.15) is 6.07 Å². The zero-order valence-corrected chi connectivity index (χ0v) is 16.0. The van der Waals surface area contributed by atoms with Crippen molar-refractivity contribution in [3.63, 3.8) is 0 Å². The fraction of sp³-hybridized carbons (Fsp3) is 0.143. The number of para-hydroxylation sites is 1. The fourth-order valence-electron chi connectivity index (χ4n) is 2.92. The summed E-state index contributed by atoms with van der Waals surface area (Å²) < 4.78 is 5.17. The predicted molar refractivity (Wildman–Crippen MR) is 106 cm³/mol. The van der Waals surface area contributed by atoms with Crippen molar-refractivity contribution in [2.24, 2.45) is 0 Å². The molecule has 1 amide bonds. The Morgan fingerprint density at radius 3 is 2.68 bits per heavy atom. The standard InChI is InChI=1S/C21H16ClN3O3/c1-12-16-5-3-4-6-18(16)24-13(2)20(12)21(27)28-11-19(26)25-15-8-7-14(10-23)17(22)9-15/h3-9H,11H2,1-2H3,(H,25,26). The molecule has 1 heterocycles. The van der Waals surface area contributed by atoms with Gasteiger partial charge in [0.15, 0.2) is 6.61 Å². The summed E-state index contributed by atoms with van der Waals surface area (Å²) in [6.45, 7) is 3.10. The van der Waals surface area contributed by atoms with Crippen LogP contribution in [0.5, 0.6) is 0 Å².